The molecule has 148 valence electrons. The molecule has 0 aliphatic carbocycles. The molecule has 0 bridgehead atoms. The Morgan fingerprint density at radius 2 is 1.72 bits per heavy atom. The summed E-state index contributed by atoms with van der Waals surface area (Å²) >= 11 is 6.40. The number of aliphatic imine (C=N–C) groups is 1. The average Bonchev–Trinajstić information content (AvgIpc) is 2.73. The van der Waals surface area contributed by atoms with Crippen LogP contribution >= 0.6 is 11.6 Å². The Morgan fingerprint density at radius 1 is 1.03 bits per heavy atom. The van der Waals surface area contributed by atoms with Crippen LogP contribution in [0.5, 0.6) is 11.5 Å². The van der Waals surface area contributed by atoms with Crippen LogP contribution in [0.1, 0.15) is 12.5 Å². The van der Waals surface area contributed by atoms with Gasteiger partial charge in [-0.25, -0.2) is 0 Å². The van der Waals surface area contributed by atoms with Gasteiger partial charge >= 0.3 is 0 Å². The largest absolute Gasteiger partial charge is 0.490 e. The van der Waals surface area contributed by atoms with Crippen LogP contribution in [0.3, 0.4) is 0 Å². The smallest absolute Gasteiger partial charge is 0.262 e. The van der Waals surface area contributed by atoms with Crippen molar-refractivity contribution in [3.63, 3.8) is 0 Å². The van der Waals surface area contributed by atoms with E-state index in [1.165, 1.54) is 0 Å². The van der Waals surface area contributed by atoms with Gasteiger partial charge < -0.3 is 14.8 Å². The molecule has 0 atom stereocenters. The number of benzene rings is 3. The highest BCUT2D eigenvalue weighted by Gasteiger charge is 2.14. The van der Waals surface area contributed by atoms with Gasteiger partial charge in [0.2, 0.25) is 0 Å². The minimum Gasteiger partial charge on any atom is -0.490 e. The second-order valence-electron chi connectivity index (χ2n) is 6.06. The monoisotopic (exact) mass is 408 g/mol. The normalized spacial score (nSPS) is 10.7. The van der Waals surface area contributed by atoms with Crippen LogP contribution < -0.4 is 14.8 Å². The van der Waals surface area contributed by atoms with E-state index in [1.807, 2.05) is 55.5 Å². The van der Waals surface area contributed by atoms with Crippen molar-refractivity contribution in [1.82, 2.24) is 0 Å². The van der Waals surface area contributed by atoms with Crippen LogP contribution in [0.4, 0.5) is 11.4 Å². The molecule has 1 N–H and O–H groups in total. The lowest BCUT2D eigenvalue weighted by Gasteiger charge is -2.14. The van der Waals surface area contributed by atoms with Crippen molar-refractivity contribution in [1.29, 1.82) is 0 Å². The lowest BCUT2D eigenvalue weighted by molar-refractivity contribution is -0.118. The van der Waals surface area contributed by atoms with Gasteiger partial charge in [-0.05, 0) is 48.9 Å². The molecular weight excluding hydrogens is 388 g/mol. The molecule has 1 amide bonds. The lowest BCUT2D eigenvalue weighted by atomic mass is 10.2. The van der Waals surface area contributed by atoms with Gasteiger partial charge in [0.1, 0.15) is 0 Å². The maximum Gasteiger partial charge on any atom is 0.262 e. The van der Waals surface area contributed by atoms with Crippen LogP contribution in [0.15, 0.2) is 77.8 Å². The zero-order valence-corrected chi connectivity index (χ0v) is 16.7. The molecule has 0 aromatic heterocycles. The van der Waals surface area contributed by atoms with Crippen molar-refractivity contribution in [2.45, 2.75) is 6.92 Å². The van der Waals surface area contributed by atoms with Crippen molar-refractivity contribution in [3.8, 4) is 11.5 Å². The SMILES string of the molecule is CCOc1cc(C=Nc2ccccc2)cc(Cl)c1OCC(=O)Nc1ccccc1. The van der Waals surface area contributed by atoms with E-state index < -0.39 is 0 Å². The van der Waals surface area contributed by atoms with Gasteiger partial charge in [-0.1, -0.05) is 48.0 Å². The van der Waals surface area contributed by atoms with Gasteiger partial charge in [-0.15, -0.1) is 0 Å². The van der Waals surface area contributed by atoms with Gasteiger partial charge in [-0.3, -0.25) is 9.79 Å². The number of nitrogens with one attached hydrogen (secondary N) is 1. The van der Waals surface area contributed by atoms with E-state index in [4.69, 9.17) is 21.1 Å². The van der Waals surface area contributed by atoms with Gasteiger partial charge in [0.25, 0.3) is 5.91 Å². The number of hydrogen-bond donors (Lipinski definition) is 1. The first-order valence-electron chi connectivity index (χ1n) is 9.19. The van der Waals surface area contributed by atoms with Crippen LogP contribution in [0.25, 0.3) is 0 Å². The van der Waals surface area contributed by atoms with Crippen molar-refractivity contribution < 1.29 is 14.3 Å². The summed E-state index contributed by atoms with van der Waals surface area (Å²) in [5, 5.41) is 3.11. The van der Waals surface area contributed by atoms with Gasteiger partial charge in [0.05, 0.1) is 17.3 Å². The molecule has 0 aliphatic heterocycles. The number of para-hydroxylation sites is 2. The second-order valence-corrected chi connectivity index (χ2v) is 6.47. The Labute approximate surface area is 175 Å². The summed E-state index contributed by atoms with van der Waals surface area (Å²) in [6.45, 7) is 2.11. The second kappa shape index (κ2) is 10.3. The summed E-state index contributed by atoms with van der Waals surface area (Å²) in [4.78, 5) is 16.6. The minimum absolute atomic E-state index is 0.188. The Morgan fingerprint density at radius 3 is 2.41 bits per heavy atom. The van der Waals surface area contributed by atoms with Crippen molar-refractivity contribution in [2.75, 3.05) is 18.5 Å². The summed E-state index contributed by atoms with van der Waals surface area (Å²) < 4.78 is 11.3. The highest BCUT2D eigenvalue weighted by Crippen LogP contribution is 2.36. The molecule has 0 fully saturated rings. The summed E-state index contributed by atoms with van der Waals surface area (Å²) in [6.07, 6.45) is 1.70. The number of carbonyl (C=O) groups excluding carboxylic acids is 1. The highest BCUT2D eigenvalue weighted by atomic mass is 35.5. The van der Waals surface area contributed by atoms with E-state index in [2.05, 4.69) is 10.3 Å². The number of hydrogen-bond acceptors (Lipinski definition) is 4. The van der Waals surface area contributed by atoms with Crippen molar-refractivity contribution >= 4 is 35.1 Å². The number of amides is 1. The van der Waals surface area contributed by atoms with E-state index in [-0.39, 0.29) is 12.5 Å². The van der Waals surface area contributed by atoms with Crippen molar-refractivity contribution in [2.24, 2.45) is 4.99 Å². The van der Waals surface area contributed by atoms with E-state index >= 15 is 0 Å². The molecule has 3 aromatic rings. The molecule has 0 unspecified atom stereocenters. The van der Waals surface area contributed by atoms with Crippen LogP contribution in [-0.4, -0.2) is 25.3 Å². The molecule has 3 rings (SSSR count). The molecule has 0 saturated heterocycles. The fourth-order valence-electron chi connectivity index (χ4n) is 2.58. The quantitative estimate of drug-likeness (QED) is 0.500. The van der Waals surface area contributed by atoms with Gasteiger partial charge in [0, 0.05) is 11.9 Å². The van der Waals surface area contributed by atoms with Crippen molar-refractivity contribution in [3.05, 3.63) is 83.4 Å². The molecule has 5 nitrogen and oxygen atoms in total. The zero-order valence-electron chi connectivity index (χ0n) is 16.0. The molecule has 29 heavy (non-hydrogen) atoms. The fourth-order valence-corrected chi connectivity index (χ4v) is 2.86. The van der Waals surface area contributed by atoms with E-state index in [1.54, 1.807) is 30.5 Å². The molecular formula is C23H21ClN2O3. The fraction of sp³-hybridized carbons (Fsp3) is 0.130. The number of carbonyl (C=O) groups is 1. The number of halogens is 1. The molecule has 0 spiro atoms. The molecule has 0 saturated carbocycles. The van der Waals surface area contributed by atoms with E-state index in [0.717, 1.165) is 11.3 Å². The van der Waals surface area contributed by atoms with E-state index in [0.29, 0.717) is 28.8 Å². The Kier molecular flexibility index (Phi) is 7.25. The first kappa shape index (κ1) is 20.4. The van der Waals surface area contributed by atoms with E-state index in [9.17, 15) is 4.79 Å². The first-order valence-corrected chi connectivity index (χ1v) is 9.56. The number of anilines is 1. The standard InChI is InChI=1S/C23H21ClN2O3/c1-2-28-21-14-17(15-25-18-9-5-3-6-10-18)13-20(24)23(21)29-16-22(27)26-19-11-7-4-8-12-19/h3-15H,2,16H2,1H3,(H,26,27). The molecule has 0 heterocycles. The summed E-state index contributed by atoms with van der Waals surface area (Å²) in [7, 11) is 0. The predicted molar refractivity (Wildman–Crippen MR) is 117 cm³/mol. The first-order chi connectivity index (χ1) is 14.2. The number of rotatable bonds is 8. The average molecular weight is 409 g/mol. The third kappa shape index (κ3) is 6.09. The molecule has 0 aliphatic rings. The van der Waals surface area contributed by atoms with Crippen LogP contribution in [0, 0.1) is 0 Å². The summed E-state index contributed by atoms with van der Waals surface area (Å²) in [5.41, 5.74) is 2.30. The third-order valence-electron chi connectivity index (χ3n) is 3.86. The maximum atomic E-state index is 12.2. The van der Waals surface area contributed by atoms with Gasteiger partial charge in [-0.2, -0.15) is 0 Å². The maximum absolute atomic E-state index is 12.2. The van der Waals surface area contributed by atoms with Gasteiger partial charge in [0.15, 0.2) is 18.1 Å². The number of ether oxygens (including phenoxy) is 2. The summed E-state index contributed by atoms with van der Waals surface area (Å²) in [6, 6.07) is 22.3. The highest BCUT2D eigenvalue weighted by molar-refractivity contribution is 6.32. The molecule has 3 aromatic carbocycles. The van der Waals surface area contributed by atoms with Crippen LogP contribution in [-0.2, 0) is 4.79 Å². The molecule has 6 heteroatoms. The third-order valence-corrected chi connectivity index (χ3v) is 4.14. The molecule has 0 radical (unpaired) electrons. The zero-order chi connectivity index (χ0) is 20.5. The topological polar surface area (TPSA) is 59.9 Å². The Hall–Kier alpha value is -3.31. The predicted octanol–water partition coefficient (Wildman–Crippen LogP) is 5.51. The Balaban J connectivity index is 1.72. The summed E-state index contributed by atoms with van der Waals surface area (Å²) in [5.74, 6) is 0.500. The van der Waals surface area contributed by atoms with Crippen LogP contribution in [0.2, 0.25) is 5.02 Å². The Bertz CT molecular complexity index is 976. The number of nitrogens with zero attached hydrogens (tertiary/aromatic N) is 1. The minimum atomic E-state index is -0.288. The lowest BCUT2D eigenvalue weighted by Crippen LogP contribution is -2.20.